The Kier molecular flexibility index (Phi) is 6.09. The minimum Gasteiger partial charge on any atom is -0.337 e. The summed E-state index contributed by atoms with van der Waals surface area (Å²) < 4.78 is 0. The molecule has 2 heterocycles. The fourth-order valence-corrected chi connectivity index (χ4v) is 2.04. The molecule has 0 fully saturated rings. The van der Waals surface area contributed by atoms with E-state index in [1.54, 1.807) is 0 Å². The van der Waals surface area contributed by atoms with Gasteiger partial charge in [-0.15, -0.1) is 0 Å². The zero-order valence-corrected chi connectivity index (χ0v) is 12.8. The molecule has 0 amide bonds. The molecule has 0 radical (unpaired) electrons. The Morgan fingerprint density at radius 1 is 1.05 bits per heavy atom. The first-order valence-corrected chi connectivity index (χ1v) is 7.49. The van der Waals surface area contributed by atoms with Crippen LogP contribution in [-0.4, -0.2) is 28.0 Å². The van der Waals surface area contributed by atoms with Gasteiger partial charge in [0.05, 0.1) is 0 Å². The summed E-state index contributed by atoms with van der Waals surface area (Å²) in [6.07, 6.45) is 8.56. The summed E-state index contributed by atoms with van der Waals surface area (Å²) in [5.41, 5.74) is 2.33. The average molecular weight is 285 g/mol. The second kappa shape index (κ2) is 8.32. The number of nitrogens with one attached hydrogen (secondary N) is 1. The van der Waals surface area contributed by atoms with Gasteiger partial charge in [-0.05, 0) is 37.6 Å². The lowest BCUT2D eigenvalue weighted by molar-refractivity contribution is 0.670. The van der Waals surface area contributed by atoms with Crippen LogP contribution in [0.1, 0.15) is 31.4 Å². The first-order chi connectivity index (χ1) is 10.3. The molecule has 1 N–H and O–H groups in total. The highest BCUT2D eigenvalue weighted by Gasteiger charge is 2.08. The highest BCUT2D eigenvalue weighted by molar-refractivity contribution is 5.31. The molecule has 0 unspecified atom stereocenters. The molecule has 0 aliphatic rings. The highest BCUT2D eigenvalue weighted by atomic mass is 15.2. The summed E-state index contributed by atoms with van der Waals surface area (Å²) in [4.78, 5) is 15.2. The molecule has 0 aromatic carbocycles. The Labute approximate surface area is 126 Å². The number of hydrogen-bond donors (Lipinski definition) is 1. The van der Waals surface area contributed by atoms with E-state index in [0.29, 0.717) is 0 Å². The fraction of sp³-hybridized carbons (Fsp3) is 0.438. The molecule has 0 aliphatic heterocycles. The van der Waals surface area contributed by atoms with Gasteiger partial charge >= 0.3 is 0 Å². The van der Waals surface area contributed by atoms with E-state index in [0.717, 1.165) is 44.1 Å². The molecule has 0 bridgehead atoms. The van der Waals surface area contributed by atoms with Crippen LogP contribution in [0.25, 0.3) is 0 Å². The normalized spacial score (nSPS) is 10.6. The van der Waals surface area contributed by atoms with Crippen molar-refractivity contribution in [1.82, 2.24) is 20.3 Å². The Morgan fingerprint density at radius 3 is 2.38 bits per heavy atom. The highest BCUT2D eigenvalue weighted by Crippen LogP contribution is 2.11. The summed E-state index contributed by atoms with van der Waals surface area (Å²) in [5.74, 6) is 0.772. The summed E-state index contributed by atoms with van der Waals surface area (Å²) >= 11 is 0. The van der Waals surface area contributed by atoms with Crippen molar-refractivity contribution in [2.75, 3.05) is 18.0 Å². The lowest BCUT2D eigenvalue weighted by Gasteiger charge is -2.20. The smallest absolute Gasteiger partial charge is 0.225 e. The van der Waals surface area contributed by atoms with Crippen molar-refractivity contribution in [3.05, 3.63) is 48.0 Å². The lowest BCUT2D eigenvalue weighted by Crippen LogP contribution is -2.24. The topological polar surface area (TPSA) is 53.9 Å². The predicted octanol–water partition coefficient (Wildman–Crippen LogP) is 2.40. The number of anilines is 1. The average Bonchev–Trinajstić information content (AvgIpc) is 2.55. The van der Waals surface area contributed by atoms with E-state index in [1.165, 1.54) is 5.56 Å². The van der Waals surface area contributed by atoms with Gasteiger partial charge < -0.3 is 10.2 Å². The molecule has 0 aliphatic carbocycles. The number of pyridine rings is 1. The van der Waals surface area contributed by atoms with E-state index in [9.17, 15) is 0 Å². The second-order valence-corrected chi connectivity index (χ2v) is 4.94. The molecular formula is C16H23N5. The van der Waals surface area contributed by atoms with Gasteiger partial charge in [0.1, 0.15) is 0 Å². The van der Waals surface area contributed by atoms with Crippen molar-refractivity contribution in [3.8, 4) is 0 Å². The van der Waals surface area contributed by atoms with E-state index in [2.05, 4.69) is 39.0 Å². The number of aromatic nitrogens is 3. The standard InChI is InChI=1S/C16H23N5/c1-3-7-18-10-15-11-19-16(20-12-15)21(4-2)13-14-5-8-17-9-6-14/h5-6,8-9,11-12,18H,3-4,7,10,13H2,1-2H3. The van der Waals surface area contributed by atoms with Crippen LogP contribution in [0.4, 0.5) is 5.95 Å². The maximum absolute atomic E-state index is 4.48. The third-order valence-electron chi connectivity index (χ3n) is 3.23. The zero-order chi connectivity index (χ0) is 14.9. The van der Waals surface area contributed by atoms with Crippen LogP contribution in [0, 0.1) is 0 Å². The minimum atomic E-state index is 0.772. The molecular weight excluding hydrogens is 262 g/mol. The van der Waals surface area contributed by atoms with Crippen LogP contribution >= 0.6 is 0 Å². The number of rotatable bonds is 8. The Morgan fingerprint density at radius 2 is 1.76 bits per heavy atom. The van der Waals surface area contributed by atoms with Crippen molar-refractivity contribution < 1.29 is 0 Å². The van der Waals surface area contributed by atoms with E-state index >= 15 is 0 Å². The molecule has 0 spiro atoms. The van der Waals surface area contributed by atoms with Gasteiger partial charge in [0, 0.05) is 50.0 Å². The van der Waals surface area contributed by atoms with E-state index in [4.69, 9.17) is 0 Å². The van der Waals surface area contributed by atoms with Crippen LogP contribution < -0.4 is 10.2 Å². The van der Waals surface area contributed by atoms with Crippen LogP contribution in [0.3, 0.4) is 0 Å². The van der Waals surface area contributed by atoms with Crippen molar-refractivity contribution in [2.24, 2.45) is 0 Å². The number of nitrogens with zero attached hydrogens (tertiary/aromatic N) is 4. The van der Waals surface area contributed by atoms with Crippen LogP contribution in [0.2, 0.25) is 0 Å². The molecule has 0 saturated carbocycles. The Hall–Kier alpha value is -2.01. The molecule has 5 heteroatoms. The van der Waals surface area contributed by atoms with Crippen LogP contribution in [-0.2, 0) is 13.1 Å². The molecule has 112 valence electrons. The van der Waals surface area contributed by atoms with E-state index < -0.39 is 0 Å². The van der Waals surface area contributed by atoms with Gasteiger partial charge in [0.25, 0.3) is 0 Å². The van der Waals surface area contributed by atoms with Gasteiger partial charge in [-0.2, -0.15) is 0 Å². The maximum atomic E-state index is 4.48. The summed E-state index contributed by atoms with van der Waals surface area (Å²) in [6.45, 7) is 7.78. The summed E-state index contributed by atoms with van der Waals surface area (Å²) in [5, 5.41) is 3.35. The predicted molar refractivity (Wildman–Crippen MR) is 85.0 cm³/mol. The maximum Gasteiger partial charge on any atom is 0.225 e. The van der Waals surface area contributed by atoms with Crippen molar-refractivity contribution >= 4 is 5.95 Å². The largest absolute Gasteiger partial charge is 0.337 e. The fourth-order valence-electron chi connectivity index (χ4n) is 2.04. The first kappa shape index (κ1) is 15.4. The molecule has 0 saturated heterocycles. The zero-order valence-electron chi connectivity index (χ0n) is 12.8. The SMILES string of the molecule is CCCNCc1cnc(N(CC)Cc2ccncc2)nc1. The third-order valence-corrected chi connectivity index (χ3v) is 3.23. The quantitative estimate of drug-likeness (QED) is 0.755. The van der Waals surface area contributed by atoms with Crippen LogP contribution in [0.15, 0.2) is 36.9 Å². The number of hydrogen-bond acceptors (Lipinski definition) is 5. The minimum absolute atomic E-state index is 0.772. The summed E-state index contributed by atoms with van der Waals surface area (Å²) in [7, 11) is 0. The first-order valence-electron chi connectivity index (χ1n) is 7.49. The van der Waals surface area contributed by atoms with Gasteiger partial charge in [0.2, 0.25) is 5.95 Å². The van der Waals surface area contributed by atoms with Crippen molar-refractivity contribution in [2.45, 2.75) is 33.4 Å². The van der Waals surface area contributed by atoms with E-state index in [1.807, 2.05) is 36.9 Å². The second-order valence-electron chi connectivity index (χ2n) is 4.94. The molecule has 0 atom stereocenters. The van der Waals surface area contributed by atoms with Gasteiger partial charge in [-0.1, -0.05) is 6.92 Å². The summed E-state index contributed by atoms with van der Waals surface area (Å²) in [6, 6.07) is 4.04. The van der Waals surface area contributed by atoms with Gasteiger partial charge in [0.15, 0.2) is 0 Å². The van der Waals surface area contributed by atoms with Crippen LogP contribution in [0.5, 0.6) is 0 Å². The van der Waals surface area contributed by atoms with Crippen molar-refractivity contribution in [3.63, 3.8) is 0 Å². The molecule has 2 aromatic heterocycles. The van der Waals surface area contributed by atoms with E-state index in [-0.39, 0.29) is 0 Å². The third kappa shape index (κ3) is 4.79. The van der Waals surface area contributed by atoms with Gasteiger partial charge in [-0.3, -0.25) is 4.98 Å². The monoisotopic (exact) mass is 285 g/mol. The molecule has 21 heavy (non-hydrogen) atoms. The Bertz CT molecular complexity index is 512. The van der Waals surface area contributed by atoms with Gasteiger partial charge in [-0.25, -0.2) is 9.97 Å². The Balaban J connectivity index is 1.98. The molecule has 5 nitrogen and oxygen atoms in total. The lowest BCUT2D eigenvalue weighted by atomic mass is 10.2. The molecule has 2 aromatic rings. The van der Waals surface area contributed by atoms with Crippen molar-refractivity contribution in [1.29, 1.82) is 0 Å². The molecule has 2 rings (SSSR count).